The third kappa shape index (κ3) is 2.66. The fourth-order valence-corrected chi connectivity index (χ4v) is 4.67. The van der Waals surface area contributed by atoms with Gasteiger partial charge in [0.15, 0.2) is 0 Å². The topological polar surface area (TPSA) is 0 Å². The standard InChI is InChI=1S/C19H12F9I/c20-15(16(21,22)18(25,26)19(27,28)17(15,23)24)11-14(29,12-7-3-1-4-8-12)13-9-5-2-6-10-13/h1-10H,11H2. The van der Waals surface area contributed by atoms with Crippen LogP contribution >= 0.6 is 22.6 Å². The monoisotopic (exact) mass is 538 g/mol. The predicted octanol–water partition coefficient (Wildman–Crippen LogP) is 7.02. The first-order valence-corrected chi connectivity index (χ1v) is 9.25. The van der Waals surface area contributed by atoms with Crippen molar-refractivity contribution >= 4 is 22.6 Å². The summed E-state index contributed by atoms with van der Waals surface area (Å²) in [5.74, 6) is -25.8. The Bertz CT molecular complexity index is 816. The summed E-state index contributed by atoms with van der Waals surface area (Å²) in [6.07, 6.45) is -2.01. The van der Waals surface area contributed by atoms with Crippen molar-refractivity contribution in [2.45, 2.75) is 39.2 Å². The quantitative estimate of drug-likeness (QED) is 0.223. The first kappa shape index (κ1) is 22.2. The molecule has 0 radical (unpaired) electrons. The lowest BCUT2D eigenvalue weighted by Crippen LogP contribution is -2.57. The van der Waals surface area contributed by atoms with Crippen LogP contribution in [0, 0.1) is 0 Å². The van der Waals surface area contributed by atoms with Gasteiger partial charge in [-0.1, -0.05) is 83.3 Å². The van der Waals surface area contributed by atoms with Crippen LogP contribution in [-0.2, 0) is 3.42 Å². The number of rotatable bonds is 4. The van der Waals surface area contributed by atoms with E-state index in [2.05, 4.69) is 0 Å². The van der Waals surface area contributed by atoms with E-state index in [1.807, 2.05) is 0 Å². The lowest BCUT2D eigenvalue weighted by atomic mass is 9.79. The minimum absolute atomic E-state index is 0.00829. The molecule has 1 saturated carbocycles. The minimum Gasteiger partial charge on any atom is -0.230 e. The smallest absolute Gasteiger partial charge is 0.230 e. The Morgan fingerprint density at radius 3 is 1.17 bits per heavy atom. The maximum Gasteiger partial charge on any atom is 0.381 e. The summed E-state index contributed by atoms with van der Waals surface area (Å²) in [6, 6.07) is 13.7. The van der Waals surface area contributed by atoms with E-state index in [-0.39, 0.29) is 11.1 Å². The second-order valence-corrected chi connectivity index (χ2v) is 8.65. The summed E-state index contributed by atoms with van der Waals surface area (Å²) < 4.78 is 125. The molecule has 0 aliphatic heterocycles. The molecule has 158 valence electrons. The van der Waals surface area contributed by atoms with Crippen molar-refractivity contribution in [2.24, 2.45) is 0 Å². The minimum atomic E-state index is -6.58. The molecule has 2 aromatic rings. The van der Waals surface area contributed by atoms with Crippen LogP contribution in [0.3, 0.4) is 0 Å². The van der Waals surface area contributed by atoms with Gasteiger partial charge in [0.25, 0.3) is 5.67 Å². The van der Waals surface area contributed by atoms with Crippen LogP contribution in [0.25, 0.3) is 0 Å². The summed E-state index contributed by atoms with van der Waals surface area (Å²) >= 11 is 1.37. The van der Waals surface area contributed by atoms with Crippen molar-refractivity contribution < 1.29 is 39.5 Å². The summed E-state index contributed by atoms with van der Waals surface area (Å²) in [7, 11) is 0. The molecule has 0 N–H and O–H groups in total. The van der Waals surface area contributed by atoms with Gasteiger partial charge in [-0.2, -0.15) is 35.1 Å². The maximum absolute atomic E-state index is 15.3. The zero-order valence-electron chi connectivity index (χ0n) is 14.3. The molecule has 0 spiro atoms. The molecule has 1 fully saturated rings. The average molecular weight is 538 g/mol. The van der Waals surface area contributed by atoms with Gasteiger partial charge in [0.05, 0.1) is 3.42 Å². The van der Waals surface area contributed by atoms with Crippen LogP contribution in [0.4, 0.5) is 39.5 Å². The van der Waals surface area contributed by atoms with Gasteiger partial charge in [0, 0.05) is 6.42 Å². The fraction of sp³-hybridized carbons (Fsp3) is 0.368. The molecule has 2 aromatic carbocycles. The van der Waals surface area contributed by atoms with E-state index in [0.717, 1.165) is 0 Å². The van der Waals surface area contributed by atoms with E-state index >= 15 is 4.39 Å². The van der Waals surface area contributed by atoms with Crippen LogP contribution in [-0.4, -0.2) is 29.4 Å². The van der Waals surface area contributed by atoms with Crippen LogP contribution < -0.4 is 0 Å². The van der Waals surface area contributed by atoms with Gasteiger partial charge in [-0.15, -0.1) is 0 Å². The molecule has 1 aliphatic rings. The largest absolute Gasteiger partial charge is 0.381 e. The zero-order chi connectivity index (χ0) is 21.9. The second kappa shape index (κ2) is 6.52. The third-order valence-electron chi connectivity index (χ3n) is 5.13. The van der Waals surface area contributed by atoms with Crippen LogP contribution in [0.2, 0.25) is 0 Å². The van der Waals surface area contributed by atoms with Crippen LogP contribution in [0.15, 0.2) is 60.7 Å². The van der Waals surface area contributed by atoms with Gasteiger partial charge in [-0.25, -0.2) is 4.39 Å². The number of halogens is 10. The molecule has 3 rings (SSSR count). The molecule has 29 heavy (non-hydrogen) atoms. The third-order valence-corrected chi connectivity index (χ3v) is 6.76. The fourth-order valence-electron chi connectivity index (χ4n) is 3.42. The summed E-state index contributed by atoms with van der Waals surface area (Å²) in [5.41, 5.74) is -5.51. The van der Waals surface area contributed by atoms with Crippen molar-refractivity contribution in [2.75, 3.05) is 0 Å². The number of benzene rings is 2. The van der Waals surface area contributed by atoms with Crippen molar-refractivity contribution in [3.63, 3.8) is 0 Å². The van der Waals surface area contributed by atoms with E-state index in [9.17, 15) is 35.1 Å². The van der Waals surface area contributed by atoms with Gasteiger partial charge in [0.1, 0.15) is 0 Å². The Labute approximate surface area is 173 Å². The lowest BCUT2D eigenvalue weighted by molar-refractivity contribution is -0.303. The molecular weight excluding hydrogens is 526 g/mol. The first-order chi connectivity index (χ1) is 13.2. The second-order valence-electron chi connectivity index (χ2n) is 6.81. The normalized spacial score (nSPS) is 23.7. The Morgan fingerprint density at radius 1 is 0.552 bits per heavy atom. The highest BCUT2D eigenvalue weighted by Gasteiger charge is 3.00. The first-order valence-electron chi connectivity index (χ1n) is 8.17. The molecule has 10 heteroatoms. The molecule has 0 amide bonds. The zero-order valence-corrected chi connectivity index (χ0v) is 16.4. The van der Waals surface area contributed by atoms with E-state index in [0.29, 0.717) is 0 Å². The average Bonchev–Trinajstić information content (AvgIpc) is 2.72. The SMILES string of the molecule is FC1(F)C(F)(F)C(F)(F)C(F)(CC(I)(c2ccccc2)c2ccccc2)C1(F)F. The molecule has 0 aromatic heterocycles. The number of hydrogen-bond donors (Lipinski definition) is 0. The van der Waals surface area contributed by atoms with Gasteiger partial charge in [0.2, 0.25) is 0 Å². The lowest BCUT2D eigenvalue weighted by Gasteiger charge is -2.39. The van der Waals surface area contributed by atoms with Gasteiger partial charge in [-0.05, 0) is 11.1 Å². The van der Waals surface area contributed by atoms with Gasteiger partial charge >= 0.3 is 23.7 Å². The predicted molar refractivity (Wildman–Crippen MR) is 95.9 cm³/mol. The van der Waals surface area contributed by atoms with E-state index < -0.39 is 39.2 Å². The Kier molecular flexibility index (Phi) is 5.00. The summed E-state index contributed by atoms with van der Waals surface area (Å²) in [4.78, 5) is 0. The van der Waals surface area contributed by atoms with Crippen molar-refractivity contribution in [1.29, 1.82) is 0 Å². The molecule has 0 heterocycles. The van der Waals surface area contributed by atoms with Crippen molar-refractivity contribution in [3.05, 3.63) is 71.8 Å². The Balaban J connectivity index is 2.25. The molecule has 0 unspecified atom stereocenters. The van der Waals surface area contributed by atoms with E-state index in [4.69, 9.17) is 0 Å². The molecule has 1 aliphatic carbocycles. The Hall–Kier alpha value is -1.46. The highest BCUT2D eigenvalue weighted by atomic mass is 127. The van der Waals surface area contributed by atoms with Gasteiger partial charge < -0.3 is 0 Å². The summed E-state index contributed by atoms with van der Waals surface area (Å²) in [5, 5.41) is 0. The van der Waals surface area contributed by atoms with Gasteiger partial charge in [-0.3, -0.25) is 0 Å². The Morgan fingerprint density at radius 2 is 0.862 bits per heavy atom. The van der Waals surface area contributed by atoms with Crippen LogP contribution in [0.1, 0.15) is 17.5 Å². The molecule has 0 nitrogen and oxygen atoms in total. The number of hydrogen-bond acceptors (Lipinski definition) is 0. The highest BCUT2D eigenvalue weighted by molar-refractivity contribution is 14.1. The number of alkyl halides is 10. The van der Waals surface area contributed by atoms with E-state index in [1.54, 1.807) is 0 Å². The maximum atomic E-state index is 15.3. The van der Waals surface area contributed by atoms with Crippen molar-refractivity contribution in [1.82, 2.24) is 0 Å². The van der Waals surface area contributed by atoms with Crippen molar-refractivity contribution in [3.8, 4) is 0 Å². The highest BCUT2D eigenvalue weighted by Crippen LogP contribution is 2.71. The molecule has 0 bridgehead atoms. The van der Waals surface area contributed by atoms with Crippen LogP contribution in [0.5, 0.6) is 0 Å². The molecule has 0 saturated heterocycles. The van der Waals surface area contributed by atoms with E-state index in [1.165, 1.54) is 83.3 Å². The summed E-state index contributed by atoms with van der Waals surface area (Å²) in [6.45, 7) is 0. The molecule has 0 atom stereocenters. The molecular formula is C19H12F9I.